The van der Waals surface area contributed by atoms with Crippen molar-refractivity contribution in [3.8, 4) is 16.8 Å². The Morgan fingerprint density at radius 2 is 1.77 bits per heavy atom. The molecule has 14 heteroatoms. The molecule has 4 rings (SSSR count). The number of anilines is 1. The maximum atomic E-state index is 15.9. The van der Waals surface area contributed by atoms with E-state index in [-0.39, 0.29) is 38.4 Å². The molecule has 0 saturated heterocycles. The van der Waals surface area contributed by atoms with Crippen molar-refractivity contribution in [2.45, 2.75) is 18.0 Å². The fourth-order valence-electron chi connectivity index (χ4n) is 4.04. The smallest absolute Gasteiger partial charge is 0.403 e. The number of sulfone groups is 1. The minimum Gasteiger partial charge on any atom is -0.403 e. The number of nitrogens with two attached hydrogens (primary N) is 2. The molecule has 0 aliphatic carbocycles. The highest BCUT2D eigenvalue weighted by Crippen LogP contribution is 2.39. The summed E-state index contributed by atoms with van der Waals surface area (Å²) in [6, 6.07) is 12.7. The summed E-state index contributed by atoms with van der Waals surface area (Å²) < 4.78 is 81.4. The number of nitrogens with zero attached hydrogens (tertiary/aromatic N) is 3. The van der Waals surface area contributed by atoms with Gasteiger partial charge in [0.2, 0.25) is 0 Å². The van der Waals surface area contributed by atoms with E-state index in [1.165, 1.54) is 49.4 Å². The van der Waals surface area contributed by atoms with Gasteiger partial charge in [0, 0.05) is 29.2 Å². The lowest BCUT2D eigenvalue weighted by molar-refractivity contribution is -0.141. The summed E-state index contributed by atoms with van der Waals surface area (Å²) >= 11 is 12.4. The molecular weight excluding hydrogens is 593 g/mol. The van der Waals surface area contributed by atoms with Crippen LogP contribution in [0.4, 0.5) is 23.2 Å². The number of halogens is 6. The van der Waals surface area contributed by atoms with E-state index < -0.39 is 27.5 Å². The summed E-state index contributed by atoms with van der Waals surface area (Å²) in [6.07, 6.45) is -2.02. The summed E-state index contributed by atoms with van der Waals surface area (Å²) in [4.78, 5) is 3.52. The fraction of sp³-hybridized carbons (Fsp3) is 0.115. The minimum absolute atomic E-state index is 0.0172. The lowest BCUT2D eigenvalue weighted by Gasteiger charge is -2.27. The van der Waals surface area contributed by atoms with Crippen LogP contribution in [0.3, 0.4) is 0 Å². The van der Waals surface area contributed by atoms with E-state index in [1.807, 2.05) is 0 Å². The normalized spacial score (nSPS) is 12.6. The molecule has 4 N–H and O–H groups in total. The standard InChI is InChI=1S/C26H21Cl2F4N5O2S/c1-14-35-24(26(30,31)32)13-36(14)25-21(29)9-16(15-4-3-5-18(8-15)40(2,38)39)10-22(25)37(34)23(12-33)19-7-6-17(27)11-20(19)28/h3-13H,33-34H2,1-2H3/b23-12-. The second-order valence-electron chi connectivity index (χ2n) is 8.71. The van der Waals surface area contributed by atoms with Crippen molar-refractivity contribution in [1.29, 1.82) is 0 Å². The summed E-state index contributed by atoms with van der Waals surface area (Å²) in [6.45, 7) is 1.28. The predicted octanol–water partition coefficient (Wildman–Crippen LogP) is 6.35. The summed E-state index contributed by atoms with van der Waals surface area (Å²) in [5.41, 5.74) is 5.01. The molecule has 1 heterocycles. The first-order valence-corrected chi connectivity index (χ1v) is 14.0. The van der Waals surface area contributed by atoms with Gasteiger partial charge in [-0.1, -0.05) is 35.3 Å². The van der Waals surface area contributed by atoms with E-state index in [4.69, 9.17) is 34.8 Å². The Kier molecular flexibility index (Phi) is 7.92. The van der Waals surface area contributed by atoms with Crippen molar-refractivity contribution < 1.29 is 26.0 Å². The second-order valence-corrected chi connectivity index (χ2v) is 11.6. The Morgan fingerprint density at radius 1 is 1.07 bits per heavy atom. The Bertz CT molecular complexity index is 1750. The van der Waals surface area contributed by atoms with Crippen molar-refractivity contribution >= 4 is 44.4 Å². The van der Waals surface area contributed by atoms with Gasteiger partial charge in [0.05, 0.1) is 21.3 Å². The van der Waals surface area contributed by atoms with Gasteiger partial charge in [0.1, 0.15) is 17.3 Å². The Morgan fingerprint density at radius 3 is 2.35 bits per heavy atom. The molecule has 3 aromatic carbocycles. The average molecular weight is 614 g/mol. The van der Waals surface area contributed by atoms with Crippen molar-refractivity contribution in [3.05, 3.63) is 99.9 Å². The molecule has 210 valence electrons. The number of rotatable bonds is 6. The zero-order chi connectivity index (χ0) is 29.6. The van der Waals surface area contributed by atoms with Crippen LogP contribution in [0.25, 0.3) is 22.5 Å². The van der Waals surface area contributed by atoms with Crippen molar-refractivity contribution in [2.75, 3.05) is 11.3 Å². The van der Waals surface area contributed by atoms with Gasteiger partial charge in [-0.05, 0) is 60.5 Å². The molecule has 0 fully saturated rings. The highest BCUT2D eigenvalue weighted by atomic mass is 35.5. The fourth-order valence-corrected chi connectivity index (χ4v) is 5.21. The number of hydrogen-bond acceptors (Lipinski definition) is 6. The molecule has 0 aliphatic rings. The van der Waals surface area contributed by atoms with Gasteiger partial charge in [-0.25, -0.2) is 23.6 Å². The molecule has 0 spiro atoms. The largest absolute Gasteiger partial charge is 0.434 e. The molecule has 40 heavy (non-hydrogen) atoms. The molecule has 0 aliphatic heterocycles. The number of benzene rings is 3. The van der Waals surface area contributed by atoms with E-state index in [9.17, 15) is 21.6 Å². The van der Waals surface area contributed by atoms with Crippen LogP contribution in [0.5, 0.6) is 0 Å². The average Bonchev–Trinajstić information content (AvgIpc) is 3.26. The Hall–Kier alpha value is -3.58. The molecule has 0 unspecified atom stereocenters. The van der Waals surface area contributed by atoms with Crippen LogP contribution in [0, 0.1) is 12.7 Å². The number of aryl methyl sites for hydroxylation is 1. The van der Waals surface area contributed by atoms with Crippen LogP contribution < -0.4 is 16.6 Å². The van der Waals surface area contributed by atoms with E-state index in [0.29, 0.717) is 22.3 Å². The minimum atomic E-state index is -4.79. The number of hydrogen-bond donors (Lipinski definition) is 2. The van der Waals surface area contributed by atoms with Gasteiger partial charge in [-0.2, -0.15) is 13.2 Å². The SMILES string of the molecule is Cc1nc(C(F)(F)F)cn1-c1c(F)cc(-c2cccc(S(C)(=O)=O)c2)cc1N(N)/C(=C\N)c1ccc(Cl)cc1Cl. The maximum absolute atomic E-state index is 15.9. The van der Waals surface area contributed by atoms with Crippen LogP contribution in [0.1, 0.15) is 17.1 Å². The lowest BCUT2D eigenvalue weighted by Crippen LogP contribution is -2.31. The maximum Gasteiger partial charge on any atom is 0.434 e. The summed E-state index contributed by atoms with van der Waals surface area (Å²) in [5, 5.41) is 1.43. The number of aromatic nitrogens is 2. The highest BCUT2D eigenvalue weighted by molar-refractivity contribution is 7.90. The summed E-state index contributed by atoms with van der Waals surface area (Å²) in [5.74, 6) is 5.32. The van der Waals surface area contributed by atoms with Crippen molar-refractivity contribution in [2.24, 2.45) is 11.6 Å². The van der Waals surface area contributed by atoms with Crippen LogP contribution in [0.2, 0.25) is 10.0 Å². The van der Waals surface area contributed by atoms with Gasteiger partial charge in [0.25, 0.3) is 0 Å². The summed E-state index contributed by atoms with van der Waals surface area (Å²) in [7, 11) is -3.60. The molecular formula is C26H21Cl2F4N5O2S. The Labute approximate surface area is 237 Å². The highest BCUT2D eigenvalue weighted by Gasteiger charge is 2.35. The van der Waals surface area contributed by atoms with Crippen LogP contribution in [0.15, 0.2) is 71.9 Å². The number of alkyl halides is 3. The predicted molar refractivity (Wildman–Crippen MR) is 147 cm³/mol. The second kappa shape index (κ2) is 10.8. The lowest BCUT2D eigenvalue weighted by atomic mass is 10.0. The molecule has 0 saturated carbocycles. The zero-order valence-corrected chi connectivity index (χ0v) is 23.2. The van der Waals surface area contributed by atoms with Crippen LogP contribution in [-0.4, -0.2) is 24.2 Å². The van der Waals surface area contributed by atoms with Gasteiger partial charge in [0.15, 0.2) is 15.5 Å². The van der Waals surface area contributed by atoms with Gasteiger partial charge in [-0.3, -0.25) is 9.58 Å². The van der Waals surface area contributed by atoms with Gasteiger partial charge >= 0.3 is 6.18 Å². The van der Waals surface area contributed by atoms with E-state index in [2.05, 4.69) is 4.98 Å². The van der Waals surface area contributed by atoms with Crippen molar-refractivity contribution in [1.82, 2.24) is 9.55 Å². The third kappa shape index (κ3) is 5.80. The first-order chi connectivity index (χ1) is 18.6. The first kappa shape index (κ1) is 29.4. The first-order valence-electron chi connectivity index (χ1n) is 11.3. The monoisotopic (exact) mass is 613 g/mol. The number of imidazole rings is 1. The zero-order valence-electron chi connectivity index (χ0n) is 20.8. The van der Waals surface area contributed by atoms with Crippen molar-refractivity contribution in [3.63, 3.8) is 0 Å². The molecule has 0 atom stereocenters. The van der Waals surface area contributed by atoms with Crippen LogP contribution >= 0.6 is 23.2 Å². The van der Waals surface area contributed by atoms with Gasteiger partial charge in [-0.15, -0.1) is 0 Å². The van der Waals surface area contributed by atoms with E-state index in [1.54, 1.807) is 6.07 Å². The third-order valence-corrected chi connectivity index (χ3v) is 7.59. The van der Waals surface area contributed by atoms with Crippen LogP contribution in [-0.2, 0) is 16.0 Å². The number of hydrazine groups is 1. The topological polar surface area (TPSA) is 107 Å². The van der Waals surface area contributed by atoms with E-state index in [0.717, 1.165) is 28.1 Å². The third-order valence-electron chi connectivity index (χ3n) is 5.94. The quantitative estimate of drug-likeness (QED) is 0.149. The molecule has 0 radical (unpaired) electrons. The molecule has 0 bridgehead atoms. The molecule has 4 aromatic rings. The Balaban J connectivity index is 2.00. The van der Waals surface area contributed by atoms with E-state index >= 15 is 4.39 Å². The molecule has 1 aromatic heterocycles. The molecule has 7 nitrogen and oxygen atoms in total. The van der Waals surface area contributed by atoms with Gasteiger partial charge < -0.3 is 5.73 Å². The molecule has 0 amide bonds.